The standard InChI is InChI=1S/C12H27N/c1-6-11(5,7-2)10-12(13,8-3)9-4/h6-10,13H2,1-5H3. The van der Waals surface area contributed by atoms with Crippen molar-refractivity contribution in [3.63, 3.8) is 0 Å². The van der Waals surface area contributed by atoms with Crippen LogP contribution in [0.4, 0.5) is 0 Å². The highest BCUT2D eigenvalue weighted by molar-refractivity contribution is 4.88. The molecule has 0 aromatic carbocycles. The monoisotopic (exact) mass is 185 g/mol. The Bertz CT molecular complexity index is 116. The molecule has 0 fully saturated rings. The predicted molar refractivity (Wildman–Crippen MR) is 60.8 cm³/mol. The summed E-state index contributed by atoms with van der Waals surface area (Å²) in [5, 5.41) is 0. The summed E-state index contributed by atoms with van der Waals surface area (Å²) in [5.41, 5.74) is 6.85. The van der Waals surface area contributed by atoms with Crippen LogP contribution in [-0.4, -0.2) is 5.54 Å². The first kappa shape index (κ1) is 13.0. The molecule has 0 aliphatic carbocycles. The largest absolute Gasteiger partial charge is 0.325 e. The summed E-state index contributed by atoms with van der Waals surface area (Å²) in [6, 6.07) is 0. The molecule has 0 amide bonds. The third-order valence-corrected chi connectivity index (χ3v) is 3.89. The van der Waals surface area contributed by atoms with Crippen LogP contribution in [0.3, 0.4) is 0 Å². The molecule has 1 nitrogen and oxygen atoms in total. The van der Waals surface area contributed by atoms with Gasteiger partial charge in [0.2, 0.25) is 0 Å². The van der Waals surface area contributed by atoms with Crippen LogP contribution in [0.1, 0.15) is 66.7 Å². The minimum absolute atomic E-state index is 0.0702. The third-order valence-electron chi connectivity index (χ3n) is 3.89. The lowest BCUT2D eigenvalue weighted by atomic mass is 9.72. The van der Waals surface area contributed by atoms with Gasteiger partial charge in [0.05, 0.1) is 0 Å². The Labute approximate surface area is 84.1 Å². The maximum Gasteiger partial charge on any atom is 0.0154 e. The van der Waals surface area contributed by atoms with Gasteiger partial charge in [-0.25, -0.2) is 0 Å². The van der Waals surface area contributed by atoms with Gasteiger partial charge in [0.15, 0.2) is 0 Å². The quantitative estimate of drug-likeness (QED) is 0.670. The Hall–Kier alpha value is -0.0400. The van der Waals surface area contributed by atoms with Crippen LogP contribution >= 0.6 is 0 Å². The molecular formula is C12H27N. The van der Waals surface area contributed by atoms with Crippen molar-refractivity contribution in [2.45, 2.75) is 72.3 Å². The fourth-order valence-corrected chi connectivity index (χ4v) is 1.85. The van der Waals surface area contributed by atoms with E-state index in [2.05, 4.69) is 34.6 Å². The Morgan fingerprint density at radius 3 is 1.46 bits per heavy atom. The van der Waals surface area contributed by atoms with Crippen LogP contribution in [0.15, 0.2) is 0 Å². The van der Waals surface area contributed by atoms with Crippen molar-refractivity contribution in [1.29, 1.82) is 0 Å². The highest BCUT2D eigenvalue weighted by atomic mass is 14.7. The van der Waals surface area contributed by atoms with Gasteiger partial charge in [-0.2, -0.15) is 0 Å². The van der Waals surface area contributed by atoms with Crippen LogP contribution in [0.25, 0.3) is 0 Å². The second-order valence-corrected chi connectivity index (χ2v) is 4.76. The van der Waals surface area contributed by atoms with Crippen molar-refractivity contribution >= 4 is 0 Å². The zero-order valence-electron chi connectivity index (χ0n) is 10.1. The average molecular weight is 185 g/mol. The van der Waals surface area contributed by atoms with E-state index in [4.69, 9.17) is 5.73 Å². The van der Waals surface area contributed by atoms with Crippen molar-refractivity contribution < 1.29 is 0 Å². The molecule has 0 bridgehead atoms. The molecule has 1 heteroatoms. The zero-order valence-corrected chi connectivity index (χ0v) is 10.1. The van der Waals surface area contributed by atoms with Crippen LogP contribution < -0.4 is 5.73 Å². The lowest BCUT2D eigenvalue weighted by molar-refractivity contribution is 0.187. The lowest BCUT2D eigenvalue weighted by Gasteiger charge is -2.37. The van der Waals surface area contributed by atoms with E-state index in [9.17, 15) is 0 Å². The first-order valence-electron chi connectivity index (χ1n) is 5.74. The van der Waals surface area contributed by atoms with Crippen LogP contribution in [0, 0.1) is 5.41 Å². The number of hydrogen-bond donors (Lipinski definition) is 1. The Morgan fingerprint density at radius 2 is 1.23 bits per heavy atom. The highest BCUT2D eigenvalue weighted by Crippen LogP contribution is 2.36. The van der Waals surface area contributed by atoms with E-state index in [0.29, 0.717) is 5.41 Å². The van der Waals surface area contributed by atoms with Crippen LogP contribution in [0.5, 0.6) is 0 Å². The zero-order chi connectivity index (χ0) is 10.5. The Balaban J connectivity index is 4.36. The van der Waals surface area contributed by atoms with E-state index in [-0.39, 0.29) is 5.54 Å². The SMILES string of the molecule is CCC(C)(CC)CC(N)(CC)CC. The van der Waals surface area contributed by atoms with E-state index in [1.807, 2.05) is 0 Å². The van der Waals surface area contributed by atoms with Crippen LogP contribution in [-0.2, 0) is 0 Å². The van der Waals surface area contributed by atoms with E-state index >= 15 is 0 Å². The molecule has 13 heavy (non-hydrogen) atoms. The van der Waals surface area contributed by atoms with E-state index in [0.717, 1.165) is 12.8 Å². The molecule has 0 aliphatic rings. The first-order chi connectivity index (χ1) is 5.95. The fraction of sp³-hybridized carbons (Fsp3) is 1.00. The summed E-state index contributed by atoms with van der Waals surface area (Å²) in [4.78, 5) is 0. The topological polar surface area (TPSA) is 26.0 Å². The molecule has 2 N–H and O–H groups in total. The van der Waals surface area contributed by atoms with E-state index in [1.165, 1.54) is 19.3 Å². The summed E-state index contributed by atoms with van der Waals surface area (Å²) in [6.45, 7) is 11.3. The smallest absolute Gasteiger partial charge is 0.0154 e. The number of rotatable bonds is 6. The van der Waals surface area contributed by atoms with Gasteiger partial charge < -0.3 is 5.73 Å². The van der Waals surface area contributed by atoms with Crippen molar-refractivity contribution in [3.8, 4) is 0 Å². The van der Waals surface area contributed by atoms with Crippen molar-refractivity contribution in [2.24, 2.45) is 11.1 Å². The molecule has 0 aromatic heterocycles. The van der Waals surface area contributed by atoms with Gasteiger partial charge in [-0.05, 0) is 24.7 Å². The molecule has 0 saturated carbocycles. The third kappa shape index (κ3) is 3.68. The summed E-state index contributed by atoms with van der Waals surface area (Å²) >= 11 is 0. The summed E-state index contributed by atoms with van der Waals surface area (Å²) in [5.74, 6) is 0. The van der Waals surface area contributed by atoms with Crippen molar-refractivity contribution in [3.05, 3.63) is 0 Å². The molecule has 0 heterocycles. The van der Waals surface area contributed by atoms with Crippen LogP contribution in [0.2, 0.25) is 0 Å². The van der Waals surface area contributed by atoms with E-state index in [1.54, 1.807) is 0 Å². The maximum atomic E-state index is 6.33. The van der Waals surface area contributed by atoms with Gasteiger partial charge in [-0.3, -0.25) is 0 Å². The van der Waals surface area contributed by atoms with Gasteiger partial charge in [0, 0.05) is 5.54 Å². The minimum atomic E-state index is 0.0702. The molecule has 0 aliphatic heterocycles. The van der Waals surface area contributed by atoms with Gasteiger partial charge in [0.25, 0.3) is 0 Å². The van der Waals surface area contributed by atoms with Gasteiger partial charge in [-0.1, -0.05) is 47.5 Å². The summed E-state index contributed by atoms with van der Waals surface area (Å²) < 4.78 is 0. The first-order valence-corrected chi connectivity index (χ1v) is 5.74. The molecule has 0 aromatic rings. The molecule has 0 unspecified atom stereocenters. The van der Waals surface area contributed by atoms with Crippen molar-refractivity contribution in [1.82, 2.24) is 0 Å². The molecule has 0 rings (SSSR count). The second kappa shape index (κ2) is 4.99. The lowest BCUT2D eigenvalue weighted by Crippen LogP contribution is -2.43. The Kier molecular flexibility index (Phi) is 4.98. The molecule has 0 radical (unpaired) electrons. The fourth-order valence-electron chi connectivity index (χ4n) is 1.85. The minimum Gasteiger partial charge on any atom is -0.325 e. The van der Waals surface area contributed by atoms with E-state index < -0.39 is 0 Å². The summed E-state index contributed by atoms with van der Waals surface area (Å²) in [6.07, 6.45) is 5.84. The predicted octanol–water partition coefficient (Wildman–Crippen LogP) is 3.72. The number of hydrogen-bond acceptors (Lipinski definition) is 1. The molecule has 0 spiro atoms. The normalized spacial score (nSPS) is 13.4. The summed E-state index contributed by atoms with van der Waals surface area (Å²) in [7, 11) is 0. The Morgan fingerprint density at radius 1 is 0.846 bits per heavy atom. The molecule has 0 atom stereocenters. The number of nitrogens with two attached hydrogens (primary N) is 1. The van der Waals surface area contributed by atoms with Gasteiger partial charge in [-0.15, -0.1) is 0 Å². The molecule has 0 saturated heterocycles. The molecular weight excluding hydrogens is 158 g/mol. The van der Waals surface area contributed by atoms with Crippen molar-refractivity contribution in [2.75, 3.05) is 0 Å². The van der Waals surface area contributed by atoms with Gasteiger partial charge in [0.1, 0.15) is 0 Å². The van der Waals surface area contributed by atoms with Gasteiger partial charge >= 0.3 is 0 Å². The second-order valence-electron chi connectivity index (χ2n) is 4.76. The average Bonchev–Trinajstić information content (AvgIpc) is 2.17. The maximum absolute atomic E-state index is 6.33. The highest BCUT2D eigenvalue weighted by Gasteiger charge is 2.30. The molecule has 80 valence electrons.